The number of hydrogen-bond acceptors (Lipinski definition) is 3. The first-order valence-corrected chi connectivity index (χ1v) is 8.61. The summed E-state index contributed by atoms with van der Waals surface area (Å²) in [6.45, 7) is 5.11. The Labute approximate surface area is 126 Å². The lowest BCUT2D eigenvalue weighted by Crippen LogP contribution is -2.29. The molecule has 1 unspecified atom stereocenters. The molecule has 0 bridgehead atoms. The van der Waals surface area contributed by atoms with Crippen molar-refractivity contribution in [1.29, 1.82) is 0 Å². The maximum Gasteiger partial charge on any atom is 0.243 e. The predicted octanol–water partition coefficient (Wildman–Crippen LogP) is 2.05. The van der Waals surface area contributed by atoms with Gasteiger partial charge in [-0.2, -0.15) is 4.31 Å². The molecule has 1 aliphatic heterocycles. The van der Waals surface area contributed by atoms with Crippen molar-refractivity contribution < 1.29 is 8.42 Å². The highest BCUT2D eigenvalue weighted by Gasteiger charge is 2.32. The molecule has 1 fully saturated rings. The molecular weight excluding hydrogens is 292 g/mol. The number of nitrogens with two attached hydrogens (primary N) is 1. The van der Waals surface area contributed by atoms with Crippen molar-refractivity contribution in [2.75, 3.05) is 13.1 Å². The second kappa shape index (κ2) is 5.79. The zero-order chi connectivity index (χ0) is 14.9. The highest BCUT2D eigenvalue weighted by molar-refractivity contribution is 7.89. The van der Waals surface area contributed by atoms with Crippen molar-refractivity contribution in [2.24, 2.45) is 11.7 Å². The molecule has 2 rings (SSSR count). The summed E-state index contributed by atoms with van der Waals surface area (Å²) in [5.41, 5.74) is 6.96. The van der Waals surface area contributed by atoms with Crippen LogP contribution < -0.4 is 5.73 Å². The molecule has 0 radical (unpaired) electrons. The average Bonchev–Trinajstić information content (AvgIpc) is 2.87. The highest BCUT2D eigenvalue weighted by Crippen LogP contribution is 2.27. The van der Waals surface area contributed by atoms with Crippen LogP contribution in [0.5, 0.6) is 0 Å². The number of hydrogen-bond donors (Lipinski definition) is 1. The van der Waals surface area contributed by atoms with E-state index in [-0.39, 0.29) is 4.99 Å². The van der Waals surface area contributed by atoms with Crippen LogP contribution in [0, 0.1) is 12.8 Å². The number of aryl methyl sites for hydroxylation is 1. The Bertz CT molecular complexity index is 626. The van der Waals surface area contributed by atoms with Crippen LogP contribution in [0.2, 0.25) is 0 Å². The molecule has 2 N–H and O–H groups in total. The van der Waals surface area contributed by atoms with Crippen LogP contribution in [0.1, 0.15) is 30.9 Å². The van der Waals surface area contributed by atoms with Crippen molar-refractivity contribution in [2.45, 2.75) is 31.6 Å². The summed E-state index contributed by atoms with van der Waals surface area (Å²) in [6.07, 6.45) is 1.96. The van der Waals surface area contributed by atoms with Crippen LogP contribution in [-0.4, -0.2) is 30.8 Å². The van der Waals surface area contributed by atoms with Gasteiger partial charge in [-0.25, -0.2) is 8.42 Å². The molecule has 1 aromatic carbocycles. The number of nitrogens with zero attached hydrogens (tertiary/aromatic N) is 1. The third-order valence-corrected chi connectivity index (χ3v) is 6.16. The second-order valence-electron chi connectivity index (χ2n) is 5.27. The van der Waals surface area contributed by atoms with Crippen molar-refractivity contribution in [1.82, 2.24) is 4.31 Å². The van der Waals surface area contributed by atoms with E-state index in [0.29, 0.717) is 35.0 Å². The summed E-state index contributed by atoms with van der Waals surface area (Å²) in [5, 5.41) is 0. The van der Waals surface area contributed by atoms with E-state index >= 15 is 0 Å². The Morgan fingerprint density at radius 2 is 2.20 bits per heavy atom. The Balaban J connectivity index is 2.33. The number of benzene rings is 1. The molecule has 110 valence electrons. The van der Waals surface area contributed by atoms with Gasteiger partial charge in [0, 0.05) is 18.7 Å². The van der Waals surface area contributed by atoms with Crippen LogP contribution in [0.25, 0.3) is 0 Å². The van der Waals surface area contributed by atoms with Gasteiger partial charge in [0.15, 0.2) is 0 Å². The van der Waals surface area contributed by atoms with E-state index < -0.39 is 10.0 Å². The van der Waals surface area contributed by atoms with Crippen molar-refractivity contribution in [3.8, 4) is 0 Å². The van der Waals surface area contributed by atoms with Gasteiger partial charge in [-0.15, -0.1) is 0 Å². The van der Waals surface area contributed by atoms with E-state index in [4.69, 9.17) is 18.0 Å². The largest absolute Gasteiger partial charge is 0.389 e. The Morgan fingerprint density at radius 1 is 1.50 bits per heavy atom. The van der Waals surface area contributed by atoms with Crippen LogP contribution in [0.4, 0.5) is 0 Å². The summed E-state index contributed by atoms with van der Waals surface area (Å²) >= 11 is 4.91. The molecule has 1 aliphatic rings. The first-order chi connectivity index (χ1) is 9.36. The first-order valence-electron chi connectivity index (χ1n) is 6.77. The smallest absolute Gasteiger partial charge is 0.243 e. The maximum absolute atomic E-state index is 12.7. The van der Waals surface area contributed by atoms with Gasteiger partial charge in [0.25, 0.3) is 0 Å². The van der Waals surface area contributed by atoms with Gasteiger partial charge in [0.1, 0.15) is 4.99 Å². The quantitative estimate of drug-likeness (QED) is 0.864. The summed E-state index contributed by atoms with van der Waals surface area (Å²) < 4.78 is 26.9. The summed E-state index contributed by atoms with van der Waals surface area (Å²) in [4.78, 5) is 0.638. The Kier molecular flexibility index (Phi) is 4.46. The maximum atomic E-state index is 12.7. The molecule has 1 heterocycles. The monoisotopic (exact) mass is 312 g/mol. The van der Waals surface area contributed by atoms with Gasteiger partial charge in [0.2, 0.25) is 10.0 Å². The summed E-state index contributed by atoms with van der Waals surface area (Å²) in [7, 11) is -3.41. The number of sulfonamides is 1. The normalized spacial score (nSPS) is 20.2. The first kappa shape index (κ1) is 15.4. The van der Waals surface area contributed by atoms with Crippen molar-refractivity contribution >= 4 is 27.2 Å². The molecule has 0 amide bonds. The van der Waals surface area contributed by atoms with E-state index in [1.165, 1.54) is 0 Å². The minimum atomic E-state index is -3.41. The van der Waals surface area contributed by atoms with Crippen molar-refractivity contribution in [3.05, 3.63) is 29.3 Å². The number of thiocarbonyl (C=S) groups is 1. The third kappa shape index (κ3) is 2.87. The van der Waals surface area contributed by atoms with Gasteiger partial charge in [0.05, 0.1) is 4.90 Å². The van der Waals surface area contributed by atoms with Gasteiger partial charge in [-0.3, -0.25) is 0 Å². The van der Waals surface area contributed by atoms with E-state index in [1.807, 2.05) is 0 Å². The fourth-order valence-corrected chi connectivity index (χ4v) is 4.44. The van der Waals surface area contributed by atoms with Crippen molar-refractivity contribution in [3.63, 3.8) is 0 Å². The Hall–Kier alpha value is -0.980. The molecule has 0 aromatic heterocycles. The van der Waals surface area contributed by atoms with E-state index in [0.717, 1.165) is 12.8 Å². The molecule has 6 heteroatoms. The molecule has 4 nitrogen and oxygen atoms in total. The molecule has 1 atom stereocenters. The Morgan fingerprint density at radius 3 is 2.70 bits per heavy atom. The van der Waals surface area contributed by atoms with E-state index in [2.05, 4.69) is 6.92 Å². The summed E-state index contributed by atoms with van der Waals surface area (Å²) in [5.74, 6) is 0.473. The predicted molar refractivity (Wildman–Crippen MR) is 84.2 cm³/mol. The fourth-order valence-electron chi connectivity index (χ4n) is 2.58. The molecule has 1 aromatic rings. The molecule has 0 aliphatic carbocycles. The van der Waals surface area contributed by atoms with Crippen LogP contribution in [0.15, 0.2) is 23.1 Å². The summed E-state index contributed by atoms with van der Waals surface area (Å²) in [6, 6.07) is 5.02. The minimum absolute atomic E-state index is 0.282. The molecule has 0 spiro atoms. The molecule has 20 heavy (non-hydrogen) atoms. The highest BCUT2D eigenvalue weighted by atomic mass is 32.2. The zero-order valence-electron chi connectivity index (χ0n) is 11.8. The lowest BCUT2D eigenvalue weighted by atomic mass is 10.1. The zero-order valence-corrected chi connectivity index (χ0v) is 13.4. The lowest BCUT2D eigenvalue weighted by molar-refractivity contribution is 0.452. The van der Waals surface area contributed by atoms with Gasteiger partial charge >= 0.3 is 0 Å². The van der Waals surface area contributed by atoms with Gasteiger partial charge in [-0.1, -0.05) is 31.6 Å². The van der Waals surface area contributed by atoms with Gasteiger partial charge in [-0.05, 0) is 37.0 Å². The van der Waals surface area contributed by atoms with E-state index in [9.17, 15) is 8.42 Å². The number of rotatable bonds is 4. The van der Waals surface area contributed by atoms with Gasteiger partial charge < -0.3 is 5.73 Å². The third-order valence-electron chi connectivity index (χ3n) is 3.90. The SMILES string of the molecule is CCC1CCN(S(=O)(=O)c2ccc(C(N)=S)cc2C)C1. The van der Waals surface area contributed by atoms with Crippen LogP contribution in [0.3, 0.4) is 0 Å². The lowest BCUT2D eigenvalue weighted by Gasteiger charge is -2.18. The van der Waals surface area contributed by atoms with E-state index in [1.54, 1.807) is 29.4 Å². The standard InChI is InChI=1S/C14H20N2O2S2/c1-3-11-6-7-16(9-11)20(17,18)13-5-4-12(14(15)19)8-10(13)2/h4-5,8,11H,3,6-7,9H2,1-2H3,(H2,15,19). The minimum Gasteiger partial charge on any atom is -0.389 e. The molecular formula is C14H20N2O2S2. The molecule has 0 saturated carbocycles. The second-order valence-corrected chi connectivity index (χ2v) is 7.62. The fraction of sp³-hybridized carbons (Fsp3) is 0.500. The van der Waals surface area contributed by atoms with Crippen LogP contribution >= 0.6 is 12.2 Å². The molecule has 1 saturated heterocycles. The van der Waals surface area contributed by atoms with Crippen LogP contribution in [-0.2, 0) is 10.0 Å². The topological polar surface area (TPSA) is 63.4 Å². The average molecular weight is 312 g/mol.